The maximum atomic E-state index is 9.53. The Hall–Kier alpha value is -1.79. The highest BCUT2D eigenvalue weighted by molar-refractivity contribution is 5.80. The molecule has 1 aromatic carbocycles. The second-order valence-electron chi connectivity index (χ2n) is 6.43. The minimum absolute atomic E-state index is 0.312. The SMILES string of the molecule is CCNC(=NCCc1cccc(O)c1)NC1CCN(CCOC)CC1. The summed E-state index contributed by atoms with van der Waals surface area (Å²) >= 11 is 0. The molecule has 0 amide bonds. The Labute approximate surface area is 151 Å². The van der Waals surface area contributed by atoms with E-state index in [1.54, 1.807) is 19.2 Å². The number of phenolic OH excluding ortho intramolecular Hbond substituents is 1. The Kier molecular flexibility index (Phi) is 8.55. The first-order chi connectivity index (χ1) is 12.2. The van der Waals surface area contributed by atoms with Gasteiger partial charge in [0, 0.05) is 45.9 Å². The van der Waals surface area contributed by atoms with Crippen molar-refractivity contribution in [1.82, 2.24) is 15.5 Å². The molecule has 140 valence electrons. The molecule has 1 fully saturated rings. The third-order valence-electron chi connectivity index (χ3n) is 4.47. The van der Waals surface area contributed by atoms with Gasteiger partial charge in [0.15, 0.2) is 5.96 Å². The molecule has 0 aliphatic carbocycles. The summed E-state index contributed by atoms with van der Waals surface area (Å²) in [5, 5.41) is 16.4. The van der Waals surface area contributed by atoms with Crippen LogP contribution in [0.5, 0.6) is 5.75 Å². The van der Waals surface area contributed by atoms with Crippen molar-refractivity contribution in [1.29, 1.82) is 0 Å². The van der Waals surface area contributed by atoms with E-state index in [4.69, 9.17) is 4.74 Å². The van der Waals surface area contributed by atoms with Crippen molar-refractivity contribution in [3.63, 3.8) is 0 Å². The number of piperidine rings is 1. The lowest BCUT2D eigenvalue weighted by atomic mass is 10.1. The molecule has 1 aliphatic rings. The fourth-order valence-corrected chi connectivity index (χ4v) is 3.04. The van der Waals surface area contributed by atoms with Gasteiger partial charge in [0.1, 0.15) is 5.75 Å². The predicted molar refractivity (Wildman–Crippen MR) is 102 cm³/mol. The number of ether oxygens (including phenoxy) is 1. The second kappa shape index (κ2) is 10.9. The molecule has 0 radical (unpaired) electrons. The number of hydrogen-bond acceptors (Lipinski definition) is 4. The Bertz CT molecular complexity index is 528. The van der Waals surface area contributed by atoms with Crippen molar-refractivity contribution in [2.75, 3.05) is 46.4 Å². The van der Waals surface area contributed by atoms with Gasteiger partial charge in [-0.3, -0.25) is 4.99 Å². The summed E-state index contributed by atoms with van der Waals surface area (Å²) in [5.74, 6) is 1.20. The molecule has 0 spiro atoms. The Balaban J connectivity index is 1.78. The van der Waals surface area contributed by atoms with E-state index in [0.717, 1.165) is 63.6 Å². The number of hydrogen-bond donors (Lipinski definition) is 3. The highest BCUT2D eigenvalue weighted by Gasteiger charge is 2.19. The lowest BCUT2D eigenvalue weighted by Crippen LogP contribution is -2.49. The molecule has 6 nitrogen and oxygen atoms in total. The molecule has 1 aliphatic heterocycles. The molecule has 0 unspecified atom stereocenters. The zero-order valence-corrected chi connectivity index (χ0v) is 15.5. The van der Waals surface area contributed by atoms with Crippen LogP contribution in [0.1, 0.15) is 25.3 Å². The summed E-state index contributed by atoms with van der Waals surface area (Å²) in [6.07, 6.45) is 3.07. The van der Waals surface area contributed by atoms with E-state index in [2.05, 4.69) is 27.4 Å². The Morgan fingerprint density at radius 2 is 2.16 bits per heavy atom. The molecule has 1 heterocycles. The average molecular weight is 348 g/mol. The van der Waals surface area contributed by atoms with Crippen LogP contribution in [0.15, 0.2) is 29.3 Å². The first kappa shape index (κ1) is 19.5. The van der Waals surface area contributed by atoms with Crippen molar-refractivity contribution >= 4 is 5.96 Å². The van der Waals surface area contributed by atoms with E-state index < -0.39 is 0 Å². The van der Waals surface area contributed by atoms with Gasteiger partial charge in [-0.1, -0.05) is 12.1 Å². The number of rotatable bonds is 8. The largest absolute Gasteiger partial charge is 0.508 e. The van der Waals surface area contributed by atoms with E-state index in [1.165, 1.54) is 0 Å². The molecular weight excluding hydrogens is 316 g/mol. The molecule has 0 bridgehead atoms. The number of aromatic hydroxyl groups is 1. The van der Waals surface area contributed by atoms with Crippen LogP contribution in [-0.4, -0.2) is 68.4 Å². The van der Waals surface area contributed by atoms with Gasteiger partial charge in [0.25, 0.3) is 0 Å². The summed E-state index contributed by atoms with van der Waals surface area (Å²) in [6.45, 7) is 7.65. The summed E-state index contributed by atoms with van der Waals surface area (Å²) in [7, 11) is 1.75. The van der Waals surface area contributed by atoms with E-state index in [9.17, 15) is 5.11 Å². The molecular formula is C19H32N4O2. The summed E-state index contributed by atoms with van der Waals surface area (Å²) in [4.78, 5) is 7.13. The summed E-state index contributed by atoms with van der Waals surface area (Å²) in [5.41, 5.74) is 1.10. The molecule has 2 rings (SSSR count). The third-order valence-corrected chi connectivity index (χ3v) is 4.47. The third kappa shape index (κ3) is 7.32. The molecule has 3 N–H and O–H groups in total. The van der Waals surface area contributed by atoms with E-state index in [0.29, 0.717) is 18.3 Å². The van der Waals surface area contributed by atoms with Crippen LogP contribution in [0.2, 0.25) is 0 Å². The molecule has 0 atom stereocenters. The smallest absolute Gasteiger partial charge is 0.191 e. The van der Waals surface area contributed by atoms with Gasteiger partial charge in [-0.15, -0.1) is 0 Å². The van der Waals surface area contributed by atoms with Crippen molar-refractivity contribution < 1.29 is 9.84 Å². The number of nitrogens with one attached hydrogen (secondary N) is 2. The summed E-state index contributed by atoms with van der Waals surface area (Å²) in [6, 6.07) is 7.85. The van der Waals surface area contributed by atoms with E-state index >= 15 is 0 Å². The van der Waals surface area contributed by atoms with Crippen LogP contribution < -0.4 is 10.6 Å². The molecule has 0 aromatic heterocycles. The number of nitrogens with zero attached hydrogens (tertiary/aromatic N) is 2. The van der Waals surface area contributed by atoms with Crippen LogP contribution >= 0.6 is 0 Å². The number of likely N-dealkylation sites (tertiary alicyclic amines) is 1. The van der Waals surface area contributed by atoms with Crippen LogP contribution in [0, 0.1) is 0 Å². The number of methoxy groups -OCH3 is 1. The number of benzene rings is 1. The molecule has 25 heavy (non-hydrogen) atoms. The van der Waals surface area contributed by atoms with Gasteiger partial charge in [-0.2, -0.15) is 0 Å². The topological polar surface area (TPSA) is 69.1 Å². The van der Waals surface area contributed by atoms with Crippen molar-refractivity contribution in [3.05, 3.63) is 29.8 Å². The van der Waals surface area contributed by atoms with E-state index in [1.807, 2.05) is 12.1 Å². The minimum atomic E-state index is 0.312. The standard InChI is InChI=1S/C19H32N4O2/c1-3-20-19(21-10-7-16-5-4-6-18(24)15-16)22-17-8-11-23(12-9-17)13-14-25-2/h4-6,15,17,24H,3,7-14H2,1-2H3,(H2,20,21,22). The lowest BCUT2D eigenvalue weighted by Gasteiger charge is -2.32. The van der Waals surface area contributed by atoms with Gasteiger partial charge in [-0.25, -0.2) is 0 Å². The molecule has 0 saturated carbocycles. The zero-order valence-electron chi connectivity index (χ0n) is 15.5. The van der Waals surface area contributed by atoms with Crippen LogP contribution in [-0.2, 0) is 11.2 Å². The van der Waals surface area contributed by atoms with Gasteiger partial charge < -0.3 is 25.4 Å². The predicted octanol–water partition coefficient (Wildman–Crippen LogP) is 1.60. The maximum Gasteiger partial charge on any atom is 0.191 e. The normalized spacial score (nSPS) is 16.8. The molecule has 6 heteroatoms. The van der Waals surface area contributed by atoms with E-state index in [-0.39, 0.29) is 0 Å². The molecule has 1 aromatic rings. The fourth-order valence-electron chi connectivity index (χ4n) is 3.04. The zero-order chi connectivity index (χ0) is 17.9. The quantitative estimate of drug-likeness (QED) is 0.492. The first-order valence-electron chi connectivity index (χ1n) is 9.25. The van der Waals surface area contributed by atoms with Gasteiger partial charge >= 0.3 is 0 Å². The van der Waals surface area contributed by atoms with Crippen LogP contribution in [0.3, 0.4) is 0 Å². The second-order valence-corrected chi connectivity index (χ2v) is 6.43. The number of aliphatic imine (C=N–C) groups is 1. The van der Waals surface area contributed by atoms with Crippen LogP contribution in [0.25, 0.3) is 0 Å². The van der Waals surface area contributed by atoms with Crippen molar-refractivity contribution in [3.8, 4) is 5.75 Å². The number of guanidine groups is 1. The summed E-state index contributed by atoms with van der Waals surface area (Å²) < 4.78 is 5.15. The van der Waals surface area contributed by atoms with Gasteiger partial charge in [-0.05, 0) is 43.9 Å². The van der Waals surface area contributed by atoms with Crippen LogP contribution in [0.4, 0.5) is 0 Å². The van der Waals surface area contributed by atoms with Crippen molar-refractivity contribution in [2.45, 2.75) is 32.2 Å². The lowest BCUT2D eigenvalue weighted by molar-refractivity contribution is 0.128. The Morgan fingerprint density at radius 3 is 2.84 bits per heavy atom. The van der Waals surface area contributed by atoms with Crippen molar-refractivity contribution in [2.24, 2.45) is 4.99 Å². The first-order valence-corrected chi connectivity index (χ1v) is 9.25. The Morgan fingerprint density at radius 1 is 1.36 bits per heavy atom. The maximum absolute atomic E-state index is 9.53. The van der Waals surface area contributed by atoms with Gasteiger partial charge in [0.05, 0.1) is 6.61 Å². The van der Waals surface area contributed by atoms with Gasteiger partial charge in [0.2, 0.25) is 0 Å². The minimum Gasteiger partial charge on any atom is -0.508 e. The molecule has 1 saturated heterocycles. The monoisotopic (exact) mass is 348 g/mol. The number of phenols is 1. The average Bonchev–Trinajstić information content (AvgIpc) is 2.61. The highest BCUT2D eigenvalue weighted by Crippen LogP contribution is 2.12. The highest BCUT2D eigenvalue weighted by atomic mass is 16.5. The fraction of sp³-hybridized carbons (Fsp3) is 0.632.